The van der Waals surface area contributed by atoms with Crippen molar-refractivity contribution in [3.8, 4) is 11.5 Å². The van der Waals surface area contributed by atoms with Gasteiger partial charge in [0.1, 0.15) is 17.5 Å². The maximum Gasteiger partial charge on any atom is 0.347 e. The standard InChI is InChI=1S/C21H22N2O6/c1-13-19(29-21(25)16-5-3-4-6-17(16)28-14(2)24)18-15(11-22-13)12-27-20(18)23-7-9-26-10-8-23/h3-6,11,20H,7-10,12H2,1-2H3. The van der Waals surface area contributed by atoms with Crippen molar-refractivity contribution in [3.63, 3.8) is 0 Å². The van der Waals surface area contributed by atoms with Crippen molar-refractivity contribution in [1.29, 1.82) is 0 Å². The molecular weight excluding hydrogens is 376 g/mol. The Morgan fingerprint density at radius 1 is 1.17 bits per heavy atom. The predicted octanol–water partition coefficient (Wildman–Crippen LogP) is 2.40. The second-order valence-corrected chi connectivity index (χ2v) is 6.90. The van der Waals surface area contributed by atoms with Crippen molar-refractivity contribution in [2.75, 3.05) is 26.3 Å². The summed E-state index contributed by atoms with van der Waals surface area (Å²) in [4.78, 5) is 30.8. The van der Waals surface area contributed by atoms with Crippen LogP contribution in [0.4, 0.5) is 0 Å². The number of morpholine rings is 1. The Hall–Kier alpha value is -2.81. The molecule has 2 aliphatic rings. The van der Waals surface area contributed by atoms with E-state index in [9.17, 15) is 9.59 Å². The Morgan fingerprint density at radius 3 is 2.69 bits per heavy atom. The summed E-state index contributed by atoms with van der Waals surface area (Å²) in [5, 5.41) is 0. The van der Waals surface area contributed by atoms with Crippen LogP contribution < -0.4 is 9.47 Å². The lowest BCUT2D eigenvalue weighted by atomic mass is 10.1. The first kappa shape index (κ1) is 19.5. The number of aryl methyl sites for hydroxylation is 1. The highest BCUT2D eigenvalue weighted by Gasteiger charge is 2.35. The number of carbonyl (C=O) groups excluding carboxylic acids is 2. The molecule has 1 fully saturated rings. The average molecular weight is 398 g/mol. The van der Waals surface area contributed by atoms with Crippen molar-refractivity contribution < 1.29 is 28.5 Å². The third kappa shape index (κ3) is 4.00. The number of rotatable bonds is 4. The molecule has 0 bridgehead atoms. The van der Waals surface area contributed by atoms with Crippen LogP contribution in [0.1, 0.15) is 40.3 Å². The minimum absolute atomic E-state index is 0.157. The van der Waals surface area contributed by atoms with Crippen molar-refractivity contribution in [3.05, 3.63) is 52.8 Å². The summed E-state index contributed by atoms with van der Waals surface area (Å²) in [7, 11) is 0. The topological polar surface area (TPSA) is 87.2 Å². The molecule has 2 aliphatic heterocycles. The van der Waals surface area contributed by atoms with Gasteiger partial charge in [-0.25, -0.2) is 4.79 Å². The van der Waals surface area contributed by atoms with E-state index in [1.807, 2.05) is 0 Å². The molecule has 0 aliphatic carbocycles. The summed E-state index contributed by atoms with van der Waals surface area (Å²) in [5.74, 6) is -0.583. The van der Waals surface area contributed by atoms with E-state index < -0.39 is 11.9 Å². The van der Waals surface area contributed by atoms with E-state index in [2.05, 4.69) is 9.88 Å². The zero-order chi connectivity index (χ0) is 20.4. The zero-order valence-corrected chi connectivity index (χ0v) is 16.3. The zero-order valence-electron chi connectivity index (χ0n) is 16.3. The summed E-state index contributed by atoms with van der Waals surface area (Å²) in [5.41, 5.74) is 2.47. The number of benzene rings is 1. The Bertz CT molecular complexity index is 939. The molecule has 29 heavy (non-hydrogen) atoms. The number of para-hydroxylation sites is 1. The number of carbonyl (C=O) groups is 2. The van der Waals surface area contributed by atoms with E-state index in [4.69, 9.17) is 18.9 Å². The van der Waals surface area contributed by atoms with Gasteiger partial charge in [-0.05, 0) is 19.1 Å². The lowest BCUT2D eigenvalue weighted by Crippen LogP contribution is -2.39. The molecule has 0 saturated carbocycles. The highest BCUT2D eigenvalue weighted by atomic mass is 16.6. The average Bonchev–Trinajstić information content (AvgIpc) is 3.15. The molecule has 1 atom stereocenters. The van der Waals surface area contributed by atoms with Crippen molar-refractivity contribution in [1.82, 2.24) is 9.88 Å². The second kappa shape index (κ2) is 8.28. The molecular formula is C21H22N2O6. The molecule has 8 nitrogen and oxygen atoms in total. The Kier molecular flexibility index (Phi) is 5.57. The SMILES string of the molecule is CC(=O)Oc1ccccc1C(=O)Oc1c(C)ncc2c1C(N1CCOCC1)OC2. The maximum absolute atomic E-state index is 12.9. The van der Waals surface area contributed by atoms with Gasteiger partial charge < -0.3 is 18.9 Å². The Labute approximate surface area is 168 Å². The molecule has 0 amide bonds. The van der Waals surface area contributed by atoms with Gasteiger partial charge in [-0.1, -0.05) is 12.1 Å². The number of esters is 2. The molecule has 1 unspecified atom stereocenters. The minimum Gasteiger partial charge on any atom is -0.426 e. The van der Waals surface area contributed by atoms with Gasteiger partial charge in [-0.2, -0.15) is 0 Å². The maximum atomic E-state index is 12.9. The molecule has 3 heterocycles. The number of hydrogen-bond acceptors (Lipinski definition) is 8. The first-order valence-electron chi connectivity index (χ1n) is 9.46. The second-order valence-electron chi connectivity index (χ2n) is 6.90. The van der Waals surface area contributed by atoms with Gasteiger partial charge in [0.25, 0.3) is 0 Å². The number of nitrogens with zero attached hydrogens (tertiary/aromatic N) is 2. The molecule has 2 aromatic rings. The fourth-order valence-electron chi connectivity index (χ4n) is 3.54. The van der Waals surface area contributed by atoms with Crippen LogP contribution in [0.15, 0.2) is 30.5 Å². The number of ether oxygens (including phenoxy) is 4. The van der Waals surface area contributed by atoms with Crippen LogP contribution in [-0.2, 0) is 20.9 Å². The van der Waals surface area contributed by atoms with E-state index in [1.165, 1.54) is 6.92 Å². The third-order valence-corrected chi connectivity index (χ3v) is 4.91. The molecule has 0 spiro atoms. The number of pyridine rings is 1. The van der Waals surface area contributed by atoms with Gasteiger partial charge in [0, 0.05) is 37.3 Å². The van der Waals surface area contributed by atoms with Crippen LogP contribution in [0.2, 0.25) is 0 Å². The molecule has 0 radical (unpaired) electrons. The van der Waals surface area contributed by atoms with Crippen LogP contribution in [0, 0.1) is 6.92 Å². The fraction of sp³-hybridized carbons (Fsp3) is 0.381. The Morgan fingerprint density at radius 2 is 1.93 bits per heavy atom. The molecule has 4 rings (SSSR count). The summed E-state index contributed by atoms with van der Waals surface area (Å²) < 4.78 is 22.4. The van der Waals surface area contributed by atoms with Crippen molar-refractivity contribution >= 4 is 11.9 Å². The quantitative estimate of drug-likeness (QED) is 0.573. The van der Waals surface area contributed by atoms with Crippen LogP contribution in [0.3, 0.4) is 0 Å². The molecule has 1 saturated heterocycles. The number of fused-ring (bicyclic) bond motifs is 1. The summed E-state index contributed by atoms with van der Waals surface area (Å²) in [6.07, 6.45) is 1.44. The predicted molar refractivity (Wildman–Crippen MR) is 102 cm³/mol. The summed E-state index contributed by atoms with van der Waals surface area (Å²) in [6, 6.07) is 6.48. The lowest BCUT2D eigenvalue weighted by Gasteiger charge is -2.32. The number of hydrogen-bond donors (Lipinski definition) is 0. The minimum atomic E-state index is -0.618. The molecule has 1 aromatic carbocycles. The monoisotopic (exact) mass is 398 g/mol. The Balaban J connectivity index is 1.66. The first-order chi connectivity index (χ1) is 14.0. The van der Waals surface area contributed by atoms with Crippen LogP contribution in [0.25, 0.3) is 0 Å². The van der Waals surface area contributed by atoms with E-state index in [-0.39, 0.29) is 17.5 Å². The lowest BCUT2D eigenvalue weighted by molar-refractivity contribution is -0.131. The fourth-order valence-corrected chi connectivity index (χ4v) is 3.54. The van der Waals surface area contributed by atoms with E-state index >= 15 is 0 Å². The molecule has 8 heteroatoms. The van der Waals surface area contributed by atoms with Gasteiger partial charge in [0.05, 0.1) is 25.5 Å². The van der Waals surface area contributed by atoms with Crippen LogP contribution in [0.5, 0.6) is 11.5 Å². The highest BCUT2D eigenvalue weighted by Crippen LogP contribution is 2.41. The third-order valence-electron chi connectivity index (χ3n) is 4.91. The first-order valence-corrected chi connectivity index (χ1v) is 9.46. The van der Waals surface area contributed by atoms with Crippen LogP contribution in [-0.4, -0.2) is 48.1 Å². The van der Waals surface area contributed by atoms with E-state index in [0.29, 0.717) is 31.3 Å². The highest BCUT2D eigenvalue weighted by molar-refractivity contribution is 5.95. The number of aromatic nitrogens is 1. The van der Waals surface area contributed by atoms with Gasteiger partial charge >= 0.3 is 11.9 Å². The normalized spacial score (nSPS) is 18.9. The molecule has 152 valence electrons. The van der Waals surface area contributed by atoms with E-state index in [0.717, 1.165) is 24.2 Å². The van der Waals surface area contributed by atoms with Gasteiger partial charge in [-0.3, -0.25) is 14.7 Å². The van der Waals surface area contributed by atoms with E-state index in [1.54, 1.807) is 37.4 Å². The molecule has 1 aromatic heterocycles. The van der Waals surface area contributed by atoms with Crippen molar-refractivity contribution in [2.45, 2.75) is 26.7 Å². The summed E-state index contributed by atoms with van der Waals surface area (Å²) in [6.45, 7) is 6.19. The van der Waals surface area contributed by atoms with Crippen molar-refractivity contribution in [2.24, 2.45) is 0 Å². The van der Waals surface area contributed by atoms with Gasteiger partial charge in [0.15, 0.2) is 5.75 Å². The largest absolute Gasteiger partial charge is 0.426 e. The molecule has 0 N–H and O–H groups in total. The van der Waals surface area contributed by atoms with Gasteiger partial charge in [0.2, 0.25) is 0 Å². The summed E-state index contributed by atoms with van der Waals surface area (Å²) >= 11 is 0. The van der Waals surface area contributed by atoms with Crippen LogP contribution >= 0.6 is 0 Å². The smallest absolute Gasteiger partial charge is 0.347 e. The van der Waals surface area contributed by atoms with Gasteiger partial charge in [-0.15, -0.1) is 0 Å².